The molecular formula is C14H21NO. The summed E-state index contributed by atoms with van der Waals surface area (Å²) in [6.45, 7) is 2.78. The van der Waals surface area contributed by atoms with Crippen molar-refractivity contribution >= 4 is 5.91 Å². The van der Waals surface area contributed by atoms with Crippen LogP contribution in [0.3, 0.4) is 0 Å². The minimum absolute atomic E-state index is 0.236. The van der Waals surface area contributed by atoms with Crippen molar-refractivity contribution in [2.45, 2.75) is 32.6 Å². The fraction of sp³-hybridized carbons (Fsp3) is 0.500. The zero-order valence-electron chi connectivity index (χ0n) is 10.3. The molecule has 0 bridgehead atoms. The van der Waals surface area contributed by atoms with Crippen LogP contribution in [0.1, 0.15) is 31.7 Å². The van der Waals surface area contributed by atoms with Crippen LogP contribution in [0.4, 0.5) is 0 Å². The monoisotopic (exact) mass is 219 g/mol. The first-order valence-electron chi connectivity index (χ1n) is 6.02. The van der Waals surface area contributed by atoms with Gasteiger partial charge < -0.3 is 4.90 Å². The van der Waals surface area contributed by atoms with Crippen LogP contribution < -0.4 is 0 Å². The van der Waals surface area contributed by atoms with Crippen molar-refractivity contribution in [3.8, 4) is 0 Å². The molecule has 0 radical (unpaired) electrons. The van der Waals surface area contributed by atoms with Crippen molar-refractivity contribution in [2.24, 2.45) is 0 Å². The maximum atomic E-state index is 11.3. The van der Waals surface area contributed by atoms with Gasteiger partial charge in [0.25, 0.3) is 0 Å². The van der Waals surface area contributed by atoms with E-state index in [1.165, 1.54) is 5.56 Å². The van der Waals surface area contributed by atoms with Crippen LogP contribution >= 0.6 is 0 Å². The van der Waals surface area contributed by atoms with Gasteiger partial charge in [0.1, 0.15) is 0 Å². The van der Waals surface area contributed by atoms with Crippen LogP contribution in [-0.4, -0.2) is 24.4 Å². The Morgan fingerprint density at radius 2 is 1.88 bits per heavy atom. The van der Waals surface area contributed by atoms with Crippen LogP contribution in [0.2, 0.25) is 0 Å². The third-order valence-corrected chi connectivity index (χ3v) is 2.78. The summed E-state index contributed by atoms with van der Waals surface area (Å²) in [7, 11) is 1.88. The average Bonchev–Trinajstić information content (AvgIpc) is 2.34. The zero-order chi connectivity index (χ0) is 11.8. The fourth-order valence-electron chi connectivity index (χ4n) is 1.72. The van der Waals surface area contributed by atoms with E-state index in [0.29, 0.717) is 6.42 Å². The minimum Gasteiger partial charge on any atom is -0.346 e. The Hall–Kier alpha value is -1.31. The predicted molar refractivity (Wildman–Crippen MR) is 67.3 cm³/mol. The van der Waals surface area contributed by atoms with E-state index in [1.807, 2.05) is 24.9 Å². The van der Waals surface area contributed by atoms with Crippen molar-refractivity contribution in [2.75, 3.05) is 13.6 Å². The molecule has 2 heteroatoms. The van der Waals surface area contributed by atoms with Gasteiger partial charge in [-0.2, -0.15) is 0 Å². The summed E-state index contributed by atoms with van der Waals surface area (Å²) in [6, 6.07) is 10.5. The van der Waals surface area contributed by atoms with Gasteiger partial charge >= 0.3 is 0 Å². The van der Waals surface area contributed by atoms with Crippen molar-refractivity contribution in [3.05, 3.63) is 35.9 Å². The molecule has 16 heavy (non-hydrogen) atoms. The quantitative estimate of drug-likeness (QED) is 0.674. The normalized spacial score (nSPS) is 10.1. The molecule has 0 spiro atoms. The summed E-state index contributed by atoms with van der Waals surface area (Å²) in [4.78, 5) is 13.1. The number of hydrogen-bond donors (Lipinski definition) is 0. The van der Waals surface area contributed by atoms with Gasteiger partial charge in [-0.25, -0.2) is 0 Å². The van der Waals surface area contributed by atoms with Crippen molar-refractivity contribution in [1.29, 1.82) is 0 Å². The van der Waals surface area contributed by atoms with Crippen molar-refractivity contribution in [1.82, 2.24) is 4.90 Å². The summed E-state index contributed by atoms with van der Waals surface area (Å²) in [5, 5.41) is 0. The number of rotatable bonds is 6. The zero-order valence-corrected chi connectivity index (χ0v) is 10.3. The highest BCUT2D eigenvalue weighted by Crippen LogP contribution is 2.05. The Morgan fingerprint density at radius 1 is 1.19 bits per heavy atom. The molecule has 1 rings (SSSR count). The molecule has 1 amide bonds. The smallest absolute Gasteiger partial charge is 0.222 e. The van der Waals surface area contributed by atoms with Gasteiger partial charge in [-0.1, -0.05) is 37.3 Å². The minimum atomic E-state index is 0.236. The largest absolute Gasteiger partial charge is 0.346 e. The molecule has 0 unspecified atom stereocenters. The Balaban J connectivity index is 2.15. The second-order valence-corrected chi connectivity index (χ2v) is 4.11. The molecule has 1 aromatic carbocycles. The van der Waals surface area contributed by atoms with Gasteiger partial charge in [-0.3, -0.25) is 4.79 Å². The van der Waals surface area contributed by atoms with Gasteiger partial charge in [-0.05, 0) is 24.8 Å². The van der Waals surface area contributed by atoms with Gasteiger partial charge in [0, 0.05) is 20.0 Å². The van der Waals surface area contributed by atoms with Crippen LogP contribution in [-0.2, 0) is 11.2 Å². The van der Waals surface area contributed by atoms with Gasteiger partial charge in [-0.15, -0.1) is 0 Å². The summed E-state index contributed by atoms with van der Waals surface area (Å²) in [6.07, 6.45) is 3.94. The number of aryl methyl sites for hydroxylation is 1. The van der Waals surface area contributed by atoms with Crippen LogP contribution in [0, 0.1) is 0 Å². The second-order valence-electron chi connectivity index (χ2n) is 4.11. The molecule has 0 atom stereocenters. The summed E-state index contributed by atoms with van der Waals surface area (Å²) in [5.41, 5.74) is 1.38. The summed E-state index contributed by atoms with van der Waals surface area (Å²) in [5.74, 6) is 0.236. The van der Waals surface area contributed by atoms with E-state index in [-0.39, 0.29) is 5.91 Å². The van der Waals surface area contributed by atoms with Crippen LogP contribution in [0.25, 0.3) is 0 Å². The lowest BCUT2D eigenvalue weighted by Crippen LogP contribution is -2.26. The van der Waals surface area contributed by atoms with Gasteiger partial charge in [0.2, 0.25) is 5.91 Å². The van der Waals surface area contributed by atoms with Crippen LogP contribution in [0.15, 0.2) is 30.3 Å². The molecule has 0 fully saturated rings. The summed E-state index contributed by atoms with van der Waals surface area (Å²) < 4.78 is 0. The Bertz CT molecular complexity index is 308. The Labute approximate surface area is 98.3 Å². The third-order valence-electron chi connectivity index (χ3n) is 2.78. The maximum Gasteiger partial charge on any atom is 0.222 e. The number of carbonyl (C=O) groups is 1. The number of nitrogens with zero attached hydrogens (tertiary/aromatic N) is 1. The third kappa shape index (κ3) is 4.47. The highest BCUT2D eigenvalue weighted by Gasteiger charge is 2.04. The fourth-order valence-corrected chi connectivity index (χ4v) is 1.72. The number of hydrogen-bond acceptors (Lipinski definition) is 1. The molecule has 0 aliphatic carbocycles. The first-order chi connectivity index (χ1) is 7.74. The van der Waals surface area contributed by atoms with Crippen molar-refractivity contribution < 1.29 is 4.79 Å². The molecule has 0 N–H and O–H groups in total. The van der Waals surface area contributed by atoms with E-state index >= 15 is 0 Å². The Kier molecular flexibility index (Phi) is 5.62. The van der Waals surface area contributed by atoms with E-state index < -0.39 is 0 Å². The molecule has 88 valence electrons. The lowest BCUT2D eigenvalue weighted by Gasteiger charge is -2.15. The summed E-state index contributed by atoms with van der Waals surface area (Å²) >= 11 is 0. The van der Waals surface area contributed by atoms with Crippen LogP contribution in [0.5, 0.6) is 0 Å². The average molecular weight is 219 g/mol. The number of benzene rings is 1. The standard InChI is InChI=1S/C14H21NO/c1-3-14(16)15(2)12-8-7-11-13-9-5-4-6-10-13/h4-6,9-10H,3,7-8,11-12H2,1-2H3. The van der Waals surface area contributed by atoms with E-state index in [9.17, 15) is 4.79 Å². The topological polar surface area (TPSA) is 20.3 Å². The molecule has 0 saturated carbocycles. The van der Waals surface area contributed by atoms with E-state index in [0.717, 1.165) is 25.8 Å². The molecule has 0 aliphatic rings. The van der Waals surface area contributed by atoms with Gasteiger partial charge in [0.15, 0.2) is 0 Å². The van der Waals surface area contributed by atoms with Gasteiger partial charge in [0.05, 0.1) is 0 Å². The first-order valence-corrected chi connectivity index (χ1v) is 6.02. The highest BCUT2D eigenvalue weighted by molar-refractivity contribution is 5.75. The first kappa shape index (κ1) is 12.8. The molecule has 0 heterocycles. The molecule has 0 saturated heterocycles. The van der Waals surface area contributed by atoms with E-state index in [4.69, 9.17) is 0 Å². The second kappa shape index (κ2) is 7.04. The molecule has 1 aromatic rings. The number of unbranched alkanes of at least 4 members (excludes halogenated alkanes) is 1. The lowest BCUT2D eigenvalue weighted by molar-refractivity contribution is -0.129. The van der Waals surface area contributed by atoms with E-state index in [1.54, 1.807) is 0 Å². The highest BCUT2D eigenvalue weighted by atomic mass is 16.2. The number of amides is 1. The molecule has 0 aliphatic heterocycles. The van der Waals surface area contributed by atoms with E-state index in [2.05, 4.69) is 24.3 Å². The number of carbonyl (C=O) groups excluding carboxylic acids is 1. The molecule has 2 nitrogen and oxygen atoms in total. The molecular weight excluding hydrogens is 198 g/mol. The Morgan fingerprint density at radius 3 is 2.50 bits per heavy atom. The molecule has 0 aromatic heterocycles. The lowest BCUT2D eigenvalue weighted by atomic mass is 10.1. The SMILES string of the molecule is CCC(=O)N(C)CCCCc1ccccc1. The maximum absolute atomic E-state index is 11.3. The van der Waals surface area contributed by atoms with Crippen molar-refractivity contribution in [3.63, 3.8) is 0 Å². The predicted octanol–water partition coefficient (Wildman–Crippen LogP) is 2.88.